The van der Waals surface area contributed by atoms with Gasteiger partial charge in [0.05, 0.1) is 24.3 Å². The molecule has 1 fully saturated rings. The summed E-state index contributed by atoms with van der Waals surface area (Å²) >= 11 is 0. The summed E-state index contributed by atoms with van der Waals surface area (Å²) in [6.45, 7) is 4.91. The Kier molecular flexibility index (Phi) is 8.63. The van der Waals surface area contributed by atoms with E-state index >= 15 is 0 Å². The third kappa shape index (κ3) is 7.05. The van der Waals surface area contributed by atoms with Crippen LogP contribution < -0.4 is 20.9 Å². The molecule has 0 aliphatic carbocycles. The van der Waals surface area contributed by atoms with Gasteiger partial charge in [0.1, 0.15) is 17.0 Å². The number of hydrogen-bond acceptors (Lipinski definition) is 8. The molecule has 1 saturated heterocycles. The lowest BCUT2D eigenvalue weighted by atomic mass is 9.97. The van der Waals surface area contributed by atoms with E-state index in [9.17, 15) is 30.8 Å². The molecular formula is C25H31F4N7O3S. The number of alkyl halides is 3. The molecule has 3 N–H and O–H groups in total. The molecule has 40 heavy (non-hydrogen) atoms. The van der Waals surface area contributed by atoms with Crippen molar-refractivity contribution in [1.29, 1.82) is 0 Å². The molecule has 1 aliphatic heterocycles. The summed E-state index contributed by atoms with van der Waals surface area (Å²) in [5.41, 5.74) is -0.504. The number of benzene rings is 1. The molecule has 2 aromatic heterocycles. The number of nitrogens with one attached hydrogen (secondary N) is 3. The second kappa shape index (κ2) is 11.6. The Labute approximate surface area is 228 Å². The maximum Gasteiger partial charge on any atom is 0.278 e. The van der Waals surface area contributed by atoms with Crippen LogP contribution in [0.25, 0.3) is 22.4 Å². The Bertz CT molecular complexity index is 1540. The van der Waals surface area contributed by atoms with Gasteiger partial charge >= 0.3 is 0 Å². The van der Waals surface area contributed by atoms with Crippen molar-refractivity contribution in [2.75, 3.05) is 35.6 Å². The second-order valence-corrected chi connectivity index (χ2v) is 12.2. The van der Waals surface area contributed by atoms with Gasteiger partial charge in [-0.2, -0.15) is 4.98 Å². The van der Waals surface area contributed by atoms with Crippen LogP contribution in [0.1, 0.15) is 39.7 Å². The van der Waals surface area contributed by atoms with Gasteiger partial charge in [-0.1, -0.05) is 6.07 Å². The van der Waals surface area contributed by atoms with E-state index in [1.807, 2.05) is 4.72 Å². The number of aromatic nitrogens is 4. The Morgan fingerprint density at radius 3 is 2.62 bits per heavy atom. The third-order valence-corrected chi connectivity index (χ3v) is 7.73. The monoisotopic (exact) mass is 585 g/mol. The van der Waals surface area contributed by atoms with E-state index in [2.05, 4.69) is 25.6 Å². The molecule has 0 bridgehead atoms. The summed E-state index contributed by atoms with van der Waals surface area (Å²) in [5, 5.41) is 6.34. The van der Waals surface area contributed by atoms with Crippen LogP contribution in [-0.2, 0) is 10.0 Å². The minimum Gasteiger partial charge on any atom is -0.350 e. The van der Waals surface area contributed by atoms with Crippen LogP contribution in [-0.4, -0.2) is 65.4 Å². The van der Waals surface area contributed by atoms with Crippen molar-refractivity contribution >= 4 is 32.8 Å². The molecule has 0 spiro atoms. The molecule has 0 radical (unpaired) electrons. The van der Waals surface area contributed by atoms with Crippen molar-refractivity contribution in [3.05, 3.63) is 40.6 Å². The van der Waals surface area contributed by atoms with Crippen LogP contribution >= 0.6 is 0 Å². The lowest BCUT2D eigenvalue weighted by Crippen LogP contribution is -2.44. The van der Waals surface area contributed by atoms with Crippen molar-refractivity contribution in [2.24, 2.45) is 5.92 Å². The molecule has 0 amide bonds. The molecular weight excluding hydrogens is 554 g/mol. The Hall–Kier alpha value is -3.33. The van der Waals surface area contributed by atoms with Crippen molar-refractivity contribution < 1.29 is 26.0 Å². The molecule has 10 nitrogen and oxygen atoms in total. The van der Waals surface area contributed by atoms with E-state index in [0.29, 0.717) is 26.4 Å². The van der Waals surface area contributed by atoms with E-state index in [1.165, 1.54) is 16.8 Å². The zero-order valence-electron chi connectivity index (χ0n) is 22.2. The van der Waals surface area contributed by atoms with Gasteiger partial charge in [0.25, 0.3) is 5.56 Å². The summed E-state index contributed by atoms with van der Waals surface area (Å²) in [6, 6.07) is 2.89. The fourth-order valence-corrected chi connectivity index (χ4v) is 5.69. The molecule has 3 heterocycles. The molecule has 0 unspecified atom stereocenters. The number of halogens is 4. The fourth-order valence-electron chi connectivity index (χ4n) is 4.46. The van der Waals surface area contributed by atoms with E-state index in [-0.39, 0.29) is 46.4 Å². The highest BCUT2D eigenvalue weighted by Gasteiger charge is 2.26. The number of anilines is 2. The number of fused-ring (bicyclic) bond motifs is 1. The maximum atomic E-state index is 14.9. The second-order valence-electron chi connectivity index (χ2n) is 10.3. The summed E-state index contributed by atoms with van der Waals surface area (Å²) in [6.07, 6.45) is 1.10. The van der Waals surface area contributed by atoms with E-state index < -0.39 is 51.9 Å². The first-order chi connectivity index (χ1) is 18.8. The highest BCUT2D eigenvalue weighted by Crippen LogP contribution is 2.26. The van der Waals surface area contributed by atoms with Gasteiger partial charge in [-0.05, 0) is 39.3 Å². The standard InChI is InChI=1S/C25H31F4N7O3S/c1-14(2)36-22-20(13-31-24(34-22)32-17-8-15(10-26)11-30-12-17)33-21(23(36)37)16-4-5-19(18(27)9-16)35-40(38,39)7-6-25(3,28)29/h4-5,9,13-15,17,30,35H,6-8,10-12H2,1-3H3,(H,31,32,34)/t15-,17-/m0/s1. The SMILES string of the molecule is CC(C)n1c(=O)c(-c2ccc(NS(=O)(=O)CCC(C)(F)F)c(F)c2)nc2cnc(N[C@@H]3CNC[C@H](CF)C3)nc21. The number of sulfonamides is 1. The van der Waals surface area contributed by atoms with E-state index in [4.69, 9.17) is 0 Å². The predicted octanol–water partition coefficient (Wildman–Crippen LogP) is 3.72. The Balaban J connectivity index is 1.64. The lowest BCUT2D eigenvalue weighted by molar-refractivity contribution is 0.0189. The number of nitrogens with zero attached hydrogens (tertiary/aromatic N) is 4. The van der Waals surface area contributed by atoms with Crippen LogP contribution in [0.5, 0.6) is 0 Å². The fraction of sp³-hybridized carbons (Fsp3) is 0.520. The first-order valence-electron chi connectivity index (χ1n) is 12.8. The minimum atomic E-state index is -4.24. The van der Waals surface area contributed by atoms with Gasteiger partial charge in [0, 0.05) is 43.1 Å². The molecule has 15 heteroatoms. The van der Waals surface area contributed by atoms with E-state index in [0.717, 1.165) is 12.1 Å². The zero-order chi connectivity index (χ0) is 29.2. The van der Waals surface area contributed by atoms with Crippen molar-refractivity contribution in [1.82, 2.24) is 24.8 Å². The molecule has 3 aromatic rings. The topological polar surface area (TPSA) is 131 Å². The maximum absolute atomic E-state index is 14.9. The Morgan fingerprint density at radius 1 is 1.23 bits per heavy atom. The van der Waals surface area contributed by atoms with Gasteiger partial charge in [-0.3, -0.25) is 18.5 Å². The van der Waals surface area contributed by atoms with Crippen molar-refractivity contribution in [3.63, 3.8) is 0 Å². The van der Waals surface area contributed by atoms with Crippen molar-refractivity contribution in [2.45, 2.75) is 51.6 Å². The number of piperidine rings is 1. The number of rotatable bonds is 10. The largest absolute Gasteiger partial charge is 0.350 e. The van der Waals surface area contributed by atoms with Crippen LogP contribution in [0, 0.1) is 11.7 Å². The van der Waals surface area contributed by atoms with Gasteiger partial charge in [-0.25, -0.2) is 31.6 Å². The van der Waals surface area contributed by atoms with Gasteiger partial charge in [0.15, 0.2) is 5.65 Å². The van der Waals surface area contributed by atoms with Crippen LogP contribution in [0.4, 0.5) is 29.2 Å². The van der Waals surface area contributed by atoms with Gasteiger partial charge < -0.3 is 10.6 Å². The van der Waals surface area contributed by atoms with E-state index in [1.54, 1.807) is 13.8 Å². The highest BCUT2D eigenvalue weighted by molar-refractivity contribution is 7.92. The Morgan fingerprint density at radius 2 is 1.98 bits per heavy atom. The summed E-state index contributed by atoms with van der Waals surface area (Å²) < 4.78 is 81.8. The highest BCUT2D eigenvalue weighted by atomic mass is 32.2. The number of hydrogen-bond donors (Lipinski definition) is 3. The minimum absolute atomic E-state index is 0.0783. The normalized spacial score (nSPS) is 18.3. The third-order valence-electron chi connectivity index (χ3n) is 6.46. The zero-order valence-corrected chi connectivity index (χ0v) is 23.0. The smallest absolute Gasteiger partial charge is 0.278 e. The average molecular weight is 586 g/mol. The molecule has 1 aromatic carbocycles. The summed E-state index contributed by atoms with van der Waals surface area (Å²) in [7, 11) is -4.24. The first-order valence-corrected chi connectivity index (χ1v) is 14.4. The average Bonchev–Trinajstić information content (AvgIpc) is 2.88. The molecule has 2 atom stereocenters. The van der Waals surface area contributed by atoms with Crippen LogP contribution in [0.2, 0.25) is 0 Å². The summed E-state index contributed by atoms with van der Waals surface area (Å²) in [5.74, 6) is -4.96. The molecule has 1 aliphatic rings. The van der Waals surface area contributed by atoms with Gasteiger partial charge in [-0.15, -0.1) is 0 Å². The quantitative estimate of drug-likeness (QED) is 0.307. The van der Waals surface area contributed by atoms with Crippen LogP contribution in [0.3, 0.4) is 0 Å². The summed E-state index contributed by atoms with van der Waals surface area (Å²) in [4.78, 5) is 26.6. The predicted molar refractivity (Wildman–Crippen MR) is 144 cm³/mol. The molecule has 4 rings (SSSR count). The van der Waals surface area contributed by atoms with Gasteiger partial charge in [0.2, 0.25) is 21.9 Å². The lowest BCUT2D eigenvalue weighted by Gasteiger charge is -2.29. The van der Waals surface area contributed by atoms with Crippen molar-refractivity contribution in [3.8, 4) is 11.3 Å². The molecule has 218 valence electrons. The van der Waals surface area contributed by atoms with Crippen LogP contribution in [0.15, 0.2) is 29.2 Å². The first kappa shape index (κ1) is 29.6. The molecule has 0 saturated carbocycles.